The first-order valence-electron chi connectivity index (χ1n) is 4.09. The Hall–Kier alpha value is -0.620. The topological polar surface area (TPSA) is 90.2 Å². The third-order valence-electron chi connectivity index (χ3n) is 2.10. The van der Waals surface area contributed by atoms with E-state index in [0.29, 0.717) is 0 Å². The molecule has 0 unspecified atom stereocenters. The van der Waals surface area contributed by atoms with Gasteiger partial charge in [-0.2, -0.15) is 0 Å². The van der Waals surface area contributed by atoms with Gasteiger partial charge in [0.1, 0.15) is 30.2 Å². The summed E-state index contributed by atoms with van der Waals surface area (Å²) in [6, 6.07) is 0. The van der Waals surface area contributed by atoms with Crippen LogP contribution in [0.1, 0.15) is 6.92 Å². The molecule has 76 valence electrons. The van der Waals surface area contributed by atoms with E-state index in [0.717, 1.165) is 0 Å². The molecule has 1 fully saturated rings. The molecule has 1 aliphatic heterocycles. The highest BCUT2D eigenvalue weighted by molar-refractivity contribution is 5.08. The lowest BCUT2D eigenvalue weighted by Gasteiger charge is -2.36. The van der Waals surface area contributed by atoms with Crippen LogP contribution in [0.2, 0.25) is 0 Å². The molecular weight excluding hydrogens is 176 g/mol. The van der Waals surface area contributed by atoms with Crippen molar-refractivity contribution in [1.82, 2.24) is 0 Å². The molecule has 5 heteroatoms. The van der Waals surface area contributed by atoms with Crippen LogP contribution in [0.25, 0.3) is 0 Å². The molecule has 4 atom stereocenters. The van der Waals surface area contributed by atoms with Crippen LogP contribution in [0.4, 0.5) is 0 Å². The van der Waals surface area contributed by atoms with Gasteiger partial charge in [0, 0.05) is 0 Å². The van der Waals surface area contributed by atoms with Gasteiger partial charge in [-0.05, 0) is 13.0 Å². The summed E-state index contributed by atoms with van der Waals surface area (Å²) in [5.41, 5.74) is 0. The van der Waals surface area contributed by atoms with Crippen molar-refractivity contribution >= 4 is 0 Å². The molecule has 0 aromatic rings. The first-order valence-corrected chi connectivity index (χ1v) is 4.09. The largest absolute Gasteiger partial charge is 0.487 e. The number of hydrogen-bond donors (Lipinski definition) is 4. The van der Waals surface area contributed by atoms with Gasteiger partial charge in [-0.25, -0.2) is 0 Å². The van der Waals surface area contributed by atoms with Crippen LogP contribution in [0.5, 0.6) is 0 Å². The first-order chi connectivity index (χ1) is 6.11. The van der Waals surface area contributed by atoms with Gasteiger partial charge in [0.05, 0.1) is 6.61 Å². The summed E-state index contributed by atoms with van der Waals surface area (Å²) in [6.07, 6.45) is -3.17. The van der Waals surface area contributed by atoms with E-state index in [1.54, 1.807) is 6.92 Å². The van der Waals surface area contributed by atoms with Gasteiger partial charge in [-0.1, -0.05) is 0 Å². The fourth-order valence-electron chi connectivity index (χ4n) is 1.27. The highest BCUT2D eigenvalue weighted by Crippen LogP contribution is 2.23. The third kappa shape index (κ3) is 1.83. The monoisotopic (exact) mass is 190 g/mol. The quantitative estimate of drug-likeness (QED) is 0.398. The van der Waals surface area contributed by atoms with Crippen LogP contribution < -0.4 is 0 Å². The van der Waals surface area contributed by atoms with Crippen molar-refractivity contribution in [3.63, 3.8) is 0 Å². The van der Waals surface area contributed by atoms with Gasteiger partial charge in [-0.15, -0.1) is 0 Å². The highest BCUT2D eigenvalue weighted by Gasteiger charge is 2.40. The smallest absolute Gasteiger partial charge is 0.150 e. The van der Waals surface area contributed by atoms with Crippen molar-refractivity contribution in [3.05, 3.63) is 11.8 Å². The van der Waals surface area contributed by atoms with E-state index in [1.165, 1.54) is 6.08 Å². The lowest BCUT2D eigenvalue weighted by Crippen LogP contribution is -2.52. The molecule has 0 aliphatic carbocycles. The maximum Gasteiger partial charge on any atom is 0.150 e. The second-order valence-electron chi connectivity index (χ2n) is 2.96. The predicted molar refractivity (Wildman–Crippen MR) is 43.7 cm³/mol. The van der Waals surface area contributed by atoms with Gasteiger partial charge >= 0.3 is 0 Å². The van der Waals surface area contributed by atoms with Crippen LogP contribution >= 0.6 is 0 Å². The Morgan fingerprint density at radius 1 is 1.31 bits per heavy atom. The first kappa shape index (κ1) is 10.5. The zero-order chi connectivity index (χ0) is 10.0. The average Bonchev–Trinajstić information content (AvgIpc) is 2.15. The summed E-state index contributed by atoms with van der Waals surface area (Å²) < 4.78 is 5.03. The van der Waals surface area contributed by atoms with Crippen molar-refractivity contribution in [2.45, 2.75) is 31.3 Å². The number of hydrogen-bond acceptors (Lipinski definition) is 5. The maximum atomic E-state index is 9.34. The van der Waals surface area contributed by atoms with Crippen molar-refractivity contribution in [1.29, 1.82) is 0 Å². The summed E-state index contributed by atoms with van der Waals surface area (Å²) in [5.74, 6) is 0.178. The second kappa shape index (κ2) is 4.06. The molecule has 0 aromatic carbocycles. The zero-order valence-electron chi connectivity index (χ0n) is 7.29. The Balaban J connectivity index is 2.78. The second-order valence-corrected chi connectivity index (χ2v) is 2.96. The SMILES string of the molecule is C/C=C1/O[C@@H](CO)[C@@H](O)[C@H](O)[C@H]1O. The number of aliphatic hydroxyl groups excluding tert-OH is 4. The van der Waals surface area contributed by atoms with Gasteiger partial charge in [0.15, 0.2) is 0 Å². The Bertz CT molecular complexity index is 201. The van der Waals surface area contributed by atoms with Gasteiger partial charge in [-0.3, -0.25) is 0 Å². The average molecular weight is 190 g/mol. The molecule has 1 saturated heterocycles. The minimum atomic E-state index is -1.31. The molecule has 4 N–H and O–H groups in total. The normalized spacial score (nSPS) is 43.3. The van der Waals surface area contributed by atoms with E-state index in [-0.39, 0.29) is 5.76 Å². The highest BCUT2D eigenvalue weighted by atomic mass is 16.5. The number of ether oxygens (including phenoxy) is 1. The molecule has 0 saturated carbocycles. The van der Waals surface area contributed by atoms with E-state index < -0.39 is 31.0 Å². The molecule has 13 heavy (non-hydrogen) atoms. The molecule has 0 aromatic heterocycles. The molecule has 0 bridgehead atoms. The lowest BCUT2D eigenvalue weighted by atomic mass is 9.98. The van der Waals surface area contributed by atoms with Gasteiger partial charge in [0.2, 0.25) is 0 Å². The predicted octanol–water partition coefficient (Wildman–Crippen LogP) is -1.64. The molecule has 0 spiro atoms. The standard InChI is InChI=1S/C8H14O5/c1-2-4-6(10)8(12)7(11)5(3-9)13-4/h2,5-12H,3H2,1H3/b4-2+/t5-,6-,7+,8+/m0/s1. The molecule has 5 nitrogen and oxygen atoms in total. The molecule has 0 radical (unpaired) electrons. The molecule has 0 amide bonds. The van der Waals surface area contributed by atoms with E-state index in [2.05, 4.69) is 0 Å². The summed E-state index contributed by atoms with van der Waals surface area (Å²) in [7, 11) is 0. The Morgan fingerprint density at radius 3 is 2.38 bits per heavy atom. The number of rotatable bonds is 1. The minimum absolute atomic E-state index is 0.178. The van der Waals surface area contributed by atoms with E-state index in [4.69, 9.17) is 9.84 Å². The lowest BCUT2D eigenvalue weighted by molar-refractivity contribution is -0.164. The Morgan fingerprint density at radius 2 is 1.92 bits per heavy atom. The minimum Gasteiger partial charge on any atom is -0.487 e. The molecule has 1 rings (SSSR count). The molecule has 1 heterocycles. The maximum absolute atomic E-state index is 9.34. The Labute approximate surface area is 75.9 Å². The van der Waals surface area contributed by atoms with E-state index >= 15 is 0 Å². The van der Waals surface area contributed by atoms with Crippen molar-refractivity contribution < 1.29 is 25.2 Å². The van der Waals surface area contributed by atoms with Crippen LogP contribution in [0.15, 0.2) is 11.8 Å². The van der Waals surface area contributed by atoms with Crippen LogP contribution in [-0.4, -0.2) is 51.4 Å². The van der Waals surface area contributed by atoms with E-state index in [1.807, 2.05) is 0 Å². The van der Waals surface area contributed by atoms with Gasteiger partial charge in [0.25, 0.3) is 0 Å². The van der Waals surface area contributed by atoms with Crippen LogP contribution in [0.3, 0.4) is 0 Å². The summed E-state index contributed by atoms with van der Waals surface area (Å²) in [5, 5.41) is 36.7. The Kier molecular flexibility index (Phi) is 3.27. The van der Waals surface area contributed by atoms with E-state index in [9.17, 15) is 15.3 Å². The molecule has 1 aliphatic rings. The zero-order valence-corrected chi connectivity index (χ0v) is 7.29. The third-order valence-corrected chi connectivity index (χ3v) is 2.10. The van der Waals surface area contributed by atoms with Crippen molar-refractivity contribution in [3.8, 4) is 0 Å². The van der Waals surface area contributed by atoms with Crippen LogP contribution in [0, 0.1) is 0 Å². The van der Waals surface area contributed by atoms with Crippen molar-refractivity contribution in [2.75, 3.05) is 6.61 Å². The van der Waals surface area contributed by atoms with Crippen LogP contribution in [-0.2, 0) is 4.74 Å². The molecular formula is C8H14O5. The number of aliphatic hydroxyl groups is 4. The van der Waals surface area contributed by atoms with Gasteiger partial charge < -0.3 is 25.2 Å². The summed E-state index contributed by atoms with van der Waals surface area (Å²) in [4.78, 5) is 0. The summed E-state index contributed by atoms with van der Waals surface area (Å²) >= 11 is 0. The number of allylic oxidation sites excluding steroid dienone is 1. The fourth-order valence-corrected chi connectivity index (χ4v) is 1.27. The van der Waals surface area contributed by atoms with Crippen molar-refractivity contribution in [2.24, 2.45) is 0 Å². The fraction of sp³-hybridized carbons (Fsp3) is 0.750. The summed E-state index contributed by atoms with van der Waals surface area (Å²) in [6.45, 7) is 1.24.